The standard InChI is InChI=1S/C25H36N6O5S/c1-25(2,3)22(31-16-20(28-29-31)18-9-10-18)24(34)30-15-19(32)13-21(30)23(33)26-11-12-37(35,36)27-14-17-7-5-4-6-8-17/h4-8,16,18-19,21-22,27,32H,9-15H2,1-3H3,(H,26,33)/t19-,21+,22-/m1/s1. The smallest absolute Gasteiger partial charge is 0.248 e. The molecule has 3 N–H and O–H groups in total. The fourth-order valence-corrected chi connectivity index (χ4v) is 5.52. The van der Waals surface area contributed by atoms with Crippen LogP contribution in [-0.2, 0) is 26.2 Å². The maximum atomic E-state index is 13.7. The number of nitrogens with one attached hydrogen (secondary N) is 2. The molecule has 2 aliphatic rings. The number of benzene rings is 1. The molecule has 1 aromatic heterocycles. The van der Waals surface area contributed by atoms with Gasteiger partial charge < -0.3 is 15.3 Å². The molecule has 0 bridgehead atoms. The number of amides is 2. The van der Waals surface area contributed by atoms with Crippen molar-refractivity contribution in [2.45, 2.75) is 70.7 Å². The highest BCUT2D eigenvalue weighted by Crippen LogP contribution is 2.40. The maximum Gasteiger partial charge on any atom is 0.248 e. The second-order valence-corrected chi connectivity index (χ2v) is 12.9. The van der Waals surface area contributed by atoms with E-state index in [1.807, 2.05) is 51.1 Å². The first-order valence-corrected chi connectivity index (χ1v) is 14.3. The summed E-state index contributed by atoms with van der Waals surface area (Å²) in [5, 5.41) is 21.4. The van der Waals surface area contributed by atoms with Gasteiger partial charge in [0.15, 0.2) is 0 Å². The molecule has 11 nitrogen and oxygen atoms in total. The predicted molar refractivity (Wildman–Crippen MR) is 137 cm³/mol. The lowest BCUT2D eigenvalue weighted by Crippen LogP contribution is -2.51. The van der Waals surface area contributed by atoms with Gasteiger partial charge in [-0.15, -0.1) is 5.10 Å². The van der Waals surface area contributed by atoms with Crippen LogP contribution in [0.4, 0.5) is 0 Å². The van der Waals surface area contributed by atoms with Gasteiger partial charge in [-0.2, -0.15) is 0 Å². The van der Waals surface area contributed by atoms with Gasteiger partial charge in [0.2, 0.25) is 21.8 Å². The molecule has 2 aromatic rings. The number of aromatic nitrogens is 3. The van der Waals surface area contributed by atoms with E-state index in [1.165, 1.54) is 4.90 Å². The average molecular weight is 533 g/mol. The highest BCUT2D eigenvalue weighted by Gasteiger charge is 2.45. The van der Waals surface area contributed by atoms with E-state index in [2.05, 4.69) is 20.4 Å². The van der Waals surface area contributed by atoms with Gasteiger partial charge in [-0.05, 0) is 23.8 Å². The molecule has 2 fully saturated rings. The lowest BCUT2D eigenvalue weighted by molar-refractivity contribution is -0.144. The summed E-state index contributed by atoms with van der Waals surface area (Å²) in [5.74, 6) is -0.737. The zero-order valence-electron chi connectivity index (χ0n) is 21.5. The van der Waals surface area contributed by atoms with Crippen LogP contribution in [0.5, 0.6) is 0 Å². The number of β-amino-alcohol motifs (C(OH)–C–C–N with tert-alkyl or cyclic N) is 1. The lowest BCUT2D eigenvalue weighted by Gasteiger charge is -2.34. The fourth-order valence-electron chi connectivity index (χ4n) is 4.61. The van der Waals surface area contributed by atoms with Crippen LogP contribution >= 0.6 is 0 Å². The minimum Gasteiger partial charge on any atom is -0.391 e. The van der Waals surface area contributed by atoms with Crippen LogP contribution in [0.15, 0.2) is 36.5 Å². The molecule has 1 aromatic carbocycles. The number of likely N-dealkylation sites (tertiary alicyclic amines) is 1. The van der Waals surface area contributed by atoms with Crippen LogP contribution in [0.3, 0.4) is 0 Å². The molecule has 0 radical (unpaired) electrons. The van der Waals surface area contributed by atoms with Crippen molar-refractivity contribution in [3.05, 3.63) is 47.8 Å². The number of sulfonamides is 1. The van der Waals surface area contributed by atoms with E-state index in [0.717, 1.165) is 24.1 Å². The average Bonchev–Trinajstić information content (AvgIpc) is 3.44. The number of aliphatic hydroxyl groups is 1. The third-order valence-corrected chi connectivity index (χ3v) is 8.04. The Labute approximate surface area is 217 Å². The Bertz CT molecular complexity index is 1210. The van der Waals surface area contributed by atoms with E-state index in [0.29, 0.717) is 5.92 Å². The second kappa shape index (κ2) is 10.9. The molecule has 37 heavy (non-hydrogen) atoms. The Morgan fingerprint density at radius 2 is 1.89 bits per heavy atom. The molecular weight excluding hydrogens is 496 g/mol. The van der Waals surface area contributed by atoms with Crippen LogP contribution in [0.2, 0.25) is 0 Å². The van der Waals surface area contributed by atoms with E-state index in [9.17, 15) is 23.1 Å². The van der Waals surface area contributed by atoms with Gasteiger partial charge in [-0.3, -0.25) is 9.59 Å². The number of carbonyl (C=O) groups is 2. The van der Waals surface area contributed by atoms with Gasteiger partial charge in [0, 0.05) is 38.2 Å². The number of hydrogen-bond donors (Lipinski definition) is 3. The van der Waals surface area contributed by atoms with Gasteiger partial charge >= 0.3 is 0 Å². The van der Waals surface area contributed by atoms with Crippen LogP contribution in [-0.4, -0.2) is 76.2 Å². The third-order valence-electron chi connectivity index (χ3n) is 6.72. The Morgan fingerprint density at radius 3 is 2.54 bits per heavy atom. The van der Waals surface area contributed by atoms with Crippen molar-refractivity contribution in [1.29, 1.82) is 0 Å². The van der Waals surface area contributed by atoms with Gasteiger partial charge in [0.25, 0.3) is 0 Å². The number of aliphatic hydroxyl groups excluding tert-OH is 1. The summed E-state index contributed by atoms with van der Waals surface area (Å²) in [6.07, 6.45) is 3.16. The summed E-state index contributed by atoms with van der Waals surface area (Å²) in [6, 6.07) is 7.52. The van der Waals surface area contributed by atoms with Gasteiger partial charge in [-0.25, -0.2) is 17.8 Å². The summed E-state index contributed by atoms with van der Waals surface area (Å²) in [7, 11) is -3.62. The molecule has 1 aliphatic heterocycles. The first-order valence-electron chi connectivity index (χ1n) is 12.6. The molecule has 4 rings (SSSR count). The van der Waals surface area contributed by atoms with Crippen LogP contribution in [0.1, 0.15) is 63.3 Å². The molecule has 1 saturated carbocycles. The highest BCUT2D eigenvalue weighted by atomic mass is 32.2. The van der Waals surface area contributed by atoms with Gasteiger partial charge in [0.05, 0.1) is 17.6 Å². The summed E-state index contributed by atoms with van der Waals surface area (Å²) in [5.41, 5.74) is 1.16. The molecule has 0 spiro atoms. The molecular formula is C25H36N6O5S. The minimum absolute atomic E-state index is 0.0185. The third kappa shape index (κ3) is 6.93. The van der Waals surface area contributed by atoms with Gasteiger partial charge in [0.1, 0.15) is 12.1 Å². The molecule has 2 amide bonds. The molecule has 3 atom stereocenters. The Hall–Kier alpha value is -2.83. The first-order chi connectivity index (χ1) is 17.4. The number of nitrogens with zero attached hydrogens (tertiary/aromatic N) is 4. The molecule has 202 valence electrons. The van der Waals surface area contributed by atoms with Crippen molar-refractivity contribution in [3.63, 3.8) is 0 Å². The Balaban J connectivity index is 1.38. The summed E-state index contributed by atoms with van der Waals surface area (Å²) in [6.45, 7) is 5.82. The Morgan fingerprint density at radius 1 is 1.19 bits per heavy atom. The molecule has 1 saturated heterocycles. The van der Waals surface area contributed by atoms with Crippen molar-refractivity contribution in [1.82, 2.24) is 29.9 Å². The minimum atomic E-state index is -3.62. The largest absolute Gasteiger partial charge is 0.391 e. The molecule has 2 heterocycles. The molecule has 12 heteroatoms. The summed E-state index contributed by atoms with van der Waals surface area (Å²) in [4.78, 5) is 28.1. The van der Waals surface area contributed by atoms with Crippen molar-refractivity contribution >= 4 is 21.8 Å². The van der Waals surface area contributed by atoms with Gasteiger partial charge in [-0.1, -0.05) is 56.3 Å². The fraction of sp³-hybridized carbons (Fsp3) is 0.600. The summed E-state index contributed by atoms with van der Waals surface area (Å²) < 4.78 is 28.8. The normalized spacial score (nSPS) is 21.1. The quantitative estimate of drug-likeness (QED) is 0.413. The summed E-state index contributed by atoms with van der Waals surface area (Å²) >= 11 is 0. The van der Waals surface area contributed by atoms with Crippen molar-refractivity contribution in [2.24, 2.45) is 5.41 Å². The molecule has 0 unspecified atom stereocenters. The van der Waals surface area contributed by atoms with Crippen LogP contribution < -0.4 is 10.0 Å². The first kappa shape index (κ1) is 27.2. The molecule has 1 aliphatic carbocycles. The number of hydrogen-bond acceptors (Lipinski definition) is 7. The van der Waals surface area contributed by atoms with Crippen LogP contribution in [0, 0.1) is 5.41 Å². The SMILES string of the molecule is CC(C)(C)[C@@H](C(=O)N1C[C@H](O)C[C@H]1C(=O)NCCS(=O)(=O)NCc1ccccc1)n1cc(C2CC2)nn1. The number of carbonyl (C=O) groups excluding carboxylic acids is 2. The van der Waals surface area contributed by atoms with E-state index >= 15 is 0 Å². The van der Waals surface area contributed by atoms with E-state index in [-0.39, 0.29) is 37.7 Å². The second-order valence-electron chi connectivity index (χ2n) is 11.0. The zero-order valence-corrected chi connectivity index (χ0v) is 22.3. The topological polar surface area (TPSA) is 147 Å². The zero-order chi connectivity index (χ0) is 26.8. The predicted octanol–water partition coefficient (Wildman–Crippen LogP) is 0.940. The van der Waals surface area contributed by atoms with E-state index in [4.69, 9.17) is 0 Å². The van der Waals surface area contributed by atoms with Crippen molar-refractivity contribution in [3.8, 4) is 0 Å². The van der Waals surface area contributed by atoms with Crippen LogP contribution in [0.25, 0.3) is 0 Å². The Kier molecular flexibility index (Phi) is 8.00. The van der Waals surface area contributed by atoms with E-state index < -0.39 is 39.5 Å². The monoisotopic (exact) mass is 532 g/mol. The highest BCUT2D eigenvalue weighted by molar-refractivity contribution is 7.89. The van der Waals surface area contributed by atoms with Crippen molar-refractivity contribution < 1.29 is 23.1 Å². The number of rotatable bonds is 10. The van der Waals surface area contributed by atoms with Crippen molar-refractivity contribution in [2.75, 3.05) is 18.8 Å². The lowest BCUT2D eigenvalue weighted by atomic mass is 9.85. The maximum absolute atomic E-state index is 13.7. The van der Waals surface area contributed by atoms with E-state index in [1.54, 1.807) is 10.9 Å².